The van der Waals surface area contributed by atoms with Crippen molar-refractivity contribution in [1.29, 1.82) is 0 Å². The fraction of sp³-hybridized carbons (Fsp3) is 0.333. The maximum atomic E-state index is 6.14. The van der Waals surface area contributed by atoms with Crippen LogP contribution in [0.4, 0.5) is 0 Å². The van der Waals surface area contributed by atoms with Crippen LogP contribution < -0.4 is 10.1 Å². The van der Waals surface area contributed by atoms with Crippen molar-refractivity contribution in [2.75, 3.05) is 6.54 Å². The Balaban J connectivity index is 2.12. The molecule has 2 heteroatoms. The van der Waals surface area contributed by atoms with E-state index in [0.29, 0.717) is 6.04 Å². The summed E-state index contributed by atoms with van der Waals surface area (Å²) in [4.78, 5) is 0. The molecule has 2 nitrogen and oxygen atoms in total. The molecule has 0 aliphatic carbocycles. The molecule has 0 radical (unpaired) electrons. The maximum absolute atomic E-state index is 6.14. The molecule has 0 heterocycles. The molecule has 2 aromatic rings. The third-order valence-corrected chi connectivity index (χ3v) is 3.18. The molecule has 106 valence electrons. The normalized spacial score (nSPS) is 12.4. The Morgan fingerprint density at radius 1 is 0.950 bits per heavy atom. The summed E-state index contributed by atoms with van der Waals surface area (Å²) >= 11 is 0. The van der Waals surface area contributed by atoms with Crippen molar-refractivity contribution in [3.05, 3.63) is 65.7 Å². The van der Waals surface area contributed by atoms with Gasteiger partial charge < -0.3 is 10.1 Å². The molecule has 2 rings (SSSR count). The van der Waals surface area contributed by atoms with Crippen molar-refractivity contribution in [3.63, 3.8) is 0 Å². The van der Waals surface area contributed by atoms with E-state index >= 15 is 0 Å². The van der Waals surface area contributed by atoms with Crippen molar-refractivity contribution in [1.82, 2.24) is 5.32 Å². The molecule has 0 amide bonds. The first kappa shape index (κ1) is 14.6. The highest BCUT2D eigenvalue weighted by Gasteiger charge is 2.13. The van der Waals surface area contributed by atoms with E-state index < -0.39 is 0 Å². The van der Waals surface area contributed by atoms with Crippen LogP contribution in [0.15, 0.2) is 54.6 Å². The van der Waals surface area contributed by atoms with E-state index in [1.807, 2.05) is 18.2 Å². The zero-order valence-corrected chi connectivity index (χ0v) is 12.5. The monoisotopic (exact) mass is 269 g/mol. The van der Waals surface area contributed by atoms with Gasteiger partial charge in [0.05, 0.1) is 0 Å². The van der Waals surface area contributed by atoms with Crippen LogP contribution >= 0.6 is 0 Å². The minimum absolute atomic E-state index is 0.0290. The first-order valence-corrected chi connectivity index (χ1v) is 7.17. The lowest BCUT2D eigenvalue weighted by Crippen LogP contribution is -2.30. The van der Waals surface area contributed by atoms with Crippen LogP contribution in [0.5, 0.6) is 5.75 Å². The van der Waals surface area contributed by atoms with Crippen LogP contribution in [0.25, 0.3) is 0 Å². The predicted octanol–water partition coefficient (Wildman–Crippen LogP) is 4.11. The lowest BCUT2D eigenvalue weighted by molar-refractivity contribution is 0.198. The zero-order valence-electron chi connectivity index (χ0n) is 12.5. The maximum Gasteiger partial charge on any atom is 0.136 e. The summed E-state index contributed by atoms with van der Waals surface area (Å²) in [6, 6.07) is 19.0. The van der Waals surface area contributed by atoms with Crippen molar-refractivity contribution in [2.24, 2.45) is 0 Å². The van der Waals surface area contributed by atoms with Crippen molar-refractivity contribution < 1.29 is 4.74 Å². The Kier molecular flexibility index (Phi) is 5.19. The standard InChI is InChI=1S/C18H23NO/c1-14(2)19-13-18(16-7-5-4-6-8-16)20-17-11-9-15(3)10-12-17/h4-12,14,18-19H,13H2,1-3H3. The van der Waals surface area contributed by atoms with E-state index in [4.69, 9.17) is 4.74 Å². The minimum atomic E-state index is 0.0290. The number of aryl methyl sites for hydroxylation is 1. The lowest BCUT2D eigenvalue weighted by Gasteiger charge is -2.21. The number of nitrogens with one attached hydrogen (secondary N) is 1. The Labute approximate surface area is 121 Å². The van der Waals surface area contributed by atoms with Crippen molar-refractivity contribution in [2.45, 2.75) is 32.9 Å². The number of hydrogen-bond donors (Lipinski definition) is 1. The average molecular weight is 269 g/mol. The van der Waals surface area contributed by atoms with Gasteiger partial charge in [0.2, 0.25) is 0 Å². The van der Waals surface area contributed by atoms with Gasteiger partial charge in [0.15, 0.2) is 0 Å². The van der Waals surface area contributed by atoms with Gasteiger partial charge in [0, 0.05) is 12.6 Å². The van der Waals surface area contributed by atoms with E-state index in [9.17, 15) is 0 Å². The third kappa shape index (κ3) is 4.39. The van der Waals surface area contributed by atoms with Crippen molar-refractivity contribution >= 4 is 0 Å². The molecule has 0 saturated heterocycles. The molecule has 0 spiro atoms. The van der Waals surface area contributed by atoms with E-state index in [-0.39, 0.29) is 6.10 Å². The molecule has 0 bridgehead atoms. The molecular formula is C18H23NO. The highest BCUT2D eigenvalue weighted by atomic mass is 16.5. The van der Waals surface area contributed by atoms with Gasteiger partial charge in [-0.3, -0.25) is 0 Å². The van der Waals surface area contributed by atoms with Crippen LogP contribution in [0.2, 0.25) is 0 Å². The molecule has 0 aliphatic rings. The smallest absolute Gasteiger partial charge is 0.136 e. The summed E-state index contributed by atoms with van der Waals surface area (Å²) < 4.78 is 6.14. The molecule has 0 aliphatic heterocycles. The van der Waals surface area contributed by atoms with E-state index in [2.05, 4.69) is 62.5 Å². The Hall–Kier alpha value is -1.80. The molecule has 20 heavy (non-hydrogen) atoms. The molecule has 1 atom stereocenters. The zero-order chi connectivity index (χ0) is 14.4. The molecule has 0 saturated carbocycles. The summed E-state index contributed by atoms with van der Waals surface area (Å²) in [6.45, 7) is 7.18. The average Bonchev–Trinajstić information content (AvgIpc) is 2.46. The van der Waals surface area contributed by atoms with E-state index in [0.717, 1.165) is 12.3 Å². The van der Waals surface area contributed by atoms with Gasteiger partial charge in [0.25, 0.3) is 0 Å². The van der Waals surface area contributed by atoms with E-state index in [1.54, 1.807) is 0 Å². The van der Waals surface area contributed by atoms with Crippen LogP contribution in [0.1, 0.15) is 31.1 Å². The molecule has 1 unspecified atom stereocenters. The number of benzene rings is 2. The highest BCUT2D eigenvalue weighted by molar-refractivity contribution is 5.28. The summed E-state index contributed by atoms with van der Waals surface area (Å²) in [5.74, 6) is 0.912. The Bertz CT molecular complexity index is 505. The highest BCUT2D eigenvalue weighted by Crippen LogP contribution is 2.22. The van der Waals surface area contributed by atoms with Gasteiger partial charge in [-0.25, -0.2) is 0 Å². The first-order chi connectivity index (χ1) is 9.65. The van der Waals surface area contributed by atoms with Crippen LogP contribution in [-0.2, 0) is 0 Å². The number of hydrogen-bond acceptors (Lipinski definition) is 2. The van der Waals surface area contributed by atoms with E-state index in [1.165, 1.54) is 11.1 Å². The Morgan fingerprint density at radius 2 is 1.60 bits per heavy atom. The fourth-order valence-electron chi connectivity index (χ4n) is 2.02. The largest absolute Gasteiger partial charge is 0.484 e. The molecular weight excluding hydrogens is 246 g/mol. The van der Waals surface area contributed by atoms with Crippen molar-refractivity contribution in [3.8, 4) is 5.75 Å². The van der Waals surface area contributed by atoms with Gasteiger partial charge in [-0.2, -0.15) is 0 Å². The quantitative estimate of drug-likeness (QED) is 0.852. The van der Waals surface area contributed by atoms with Crippen LogP contribution in [-0.4, -0.2) is 12.6 Å². The SMILES string of the molecule is Cc1ccc(OC(CNC(C)C)c2ccccc2)cc1. The van der Waals surface area contributed by atoms with Crippen LogP contribution in [0.3, 0.4) is 0 Å². The second-order valence-electron chi connectivity index (χ2n) is 5.39. The number of ether oxygens (including phenoxy) is 1. The lowest BCUT2D eigenvalue weighted by atomic mass is 10.1. The van der Waals surface area contributed by atoms with Crippen LogP contribution in [0, 0.1) is 6.92 Å². The van der Waals surface area contributed by atoms with Gasteiger partial charge in [0.1, 0.15) is 11.9 Å². The topological polar surface area (TPSA) is 21.3 Å². The molecule has 2 aromatic carbocycles. The van der Waals surface area contributed by atoms with Gasteiger partial charge in [-0.1, -0.05) is 61.9 Å². The third-order valence-electron chi connectivity index (χ3n) is 3.18. The van der Waals surface area contributed by atoms with Gasteiger partial charge in [-0.05, 0) is 24.6 Å². The predicted molar refractivity (Wildman–Crippen MR) is 84.1 cm³/mol. The Morgan fingerprint density at radius 3 is 2.20 bits per heavy atom. The second-order valence-corrected chi connectivity index (χ2v) is 5.39. The van der Waals surface area contributed by atoms with Gasteiger partial charge in [-0.15, -0.1) is 0 Å². The number of rotatable bonds is 6. The minimum Gasteiger partial charge on any atom is -0.484 e. The molecule has 1 N–H and O–H groups in total. The molecule has 0 aromatic heterocycles. The summed E-state index contributed by atoms with van der Waals surface area (Å²) in [6.07, 6.45) is 0.0290. The summed E-state index contributed by atoms with van der Waals surface area (Å²) in [5.41, 5.74) is 2.44. The summed E-state index contributed by atoms with van der Waals surface area (Å²) in [7, 11) is 0. The fourth-order valence-corrected chi connectivity index (χ4v) is 2.02. The second kappa shape index (κ2) is 7.11. The summed E-state index contributed by atoms with van der Waals surface area (Å²) in [5, 5.41) is 3.45. The molecule has 0 fully saturated rings. The first-order valence-electron chi connectivity index (χ1n) is 7.17. The van der Waals surface area contributed by atoms with Gasteiger partial charge >= 0.3 is 0 Å².